The lowest BCUT2D eigenvalue weighted by molar-refractivity contribution is 0.174. The van der Waals surface area contributed by atoms with Crippen LogP contribution in [0.3, 0.4) is 0 Å². The molecule has 2 aromatic carbocycles. The van der Waals surface area contributed by atoms with E-state index in [0.29, 0.717) is 6.04 Å². The van der Waals surface area contributed by atoms with Gasteiger partial charge < -0.3 is 5.32 Å². The topological polar surface area (TPSA) is 12.0 Å². The maximum Gasteiger partial charge on any atom is 0.123 e. The Balaban J connectivity index is 1.87. The van der Waals surface area contributed by atoms with E-state index < -0.39 is 0 Å². The summed E-state index contributed by atoms with van der Waals surface area (Å²) < 4.78 is 13.4. The quantitative estimate of drug-likeness (QED) is 0.872. The third-order valence-electron chi connectivity index (χ3n) is 4.94. The average Bonchev–Trinajstić information content (AvgIpc) is 2.46. The van der Waals surface area contributed by atoms with E-state index >= 15 is 0 Å². The minimum absolute atomic E-state index is 0.148. The van der Waals surface area contributed by atoms with Crippen LogP contribution < -0.4 is 5.32 Å². The summed E-state index contributed by atoms with van der Waals surface area (Å²) in [4.78, 5) is 0. The largest absolute Gasteiger partial charge is 0.316 e. The van der Waals surface area contributed by atoms with E-state index in [1.165, 1.54) is 30.9 Å². The van der Waals surface area contributed by atoms with Gasteiger partial charge in [0.05, 0.1) is 0 Å². The summed E-state index contributed by atoms with van der Waals surface area (Å²) in [5, 5.41) is 3.49. The molecule has 0 radical (unpaired) electrons. The molecule has 0 heterocycles. The van der Waals surface area contributed by atoms with Crippen LogP contribution in [-0.4, -0.2) is 13.1 Å². The van der Waals surface area contributed by atoms with Gasteiger partial charge in [0.2, 0.25) is 0 Å². The van der Waals surface area contributed by atoms with Gasteiger partial charge in [0.1, 0.15) is 5.82 Å². The molecule has 0 bridgehead atoms. The van der Waals surface area contributed by atoms with Gasteiger partial charge in [-0.3, -0.25) is 0 Å². The molecule has 1 aliphatic rings. The van der Waals surface area contributed by atoms with Crippen molar-refractivity contribution in [3.05, 3.63) is 71.5 Å². The van der Waals surface area contributed by atoms with Crippen molar-refractivity contribution < 1.29 is 4.39 Å². The van der Waals surface area contributed by atoms with Gasteiger partial charge in [-0.2, -0.15) is 0 Å². The van der Waals surface area contributed by atoms with E-state index in [1.807, 2.05) is 13.1 Å². The van der Waals surface area contributed by atoms with Crippen LogP contribution in [0.1, 0.15) is 30.4 Å². The van der Waals surface area contributed by atoms with Crippen molar-refractivity contribution in [3.63, 3.8) is 0 Å². The molecule has 0 saturated heterocycles. The average molecular weight is 283 g/mol. The summed E-state index contributed by atoms with van der Waals surface area (Å²) in [7, 11) is 2.02. The third-order valence-corrected chi connectivity index (χ3v) is 4.94. The van der Waals surface area contributed by atoms with Crippen molar-refractivity contribution in [1.82, 2.24) is 5.32 Å². The van der Waals surface area contributed by atoms with Crippen LogP contribution in [-0.2, 0) is 11.8 Å². The minimum atomic E-state index is -0.148. The third kappa shape index (κ3) is 2.73. The van der Waals surface area contributed by atoms with Crippen LogP contribution in [0.5, 0.6) is 0 Å². The van der Waals surface area contributed by atoms with Crippen LogP contribution in [0.25, 0.3) is 0 Å². The number of hydrogen-bond acceptors (Lipinski definition) is 1. The fourth-order valence-electron chi connectivity index (χ4n) is 3.64. The lowest BCUT2D eigenvalue weighted by Crippen LogP contribution is -2.52. The Morgan fingerprint density at radius 1 is 1.10 bits per heavy atom. The van der Waals surface area contributed by atoms with Gasteiger partial charge in [0, 0.05) is 11.5 Å². The number of rotatable bonds is 5. The fraction of sp³-hybridized carbons (Fsp3) is 0.368. The summed E-state index contributed by atoms with van der Waals surface area (Å²) in [5.74, 6) is -0.148. The van der Waals surface area contributed by atoms with E-state index in [2.05, 4.69) is 35.6 Å². The van der Waals surface area contributed by atoms with Crippen molar-refractivity contribution in [2.24, 2.45) is 0 Å². The predicted octanol–water partition coefficient (Wildman–Crippen LogP) is 4.08. The Labute approximate surface area is 126 Å². The zero-order valence-corrected chi connectivity index (χ0v) is 12.5. The summed E-state index contributed by atoms with van der Waals surface area (Å²) in [6.45, 7) is 0. The molecule has 0 aliphatic heterocycles. The molecular formula is C19H22FN. The van der Waals surface area contributed by atoms with E-state index in [1.54, 1.807) is 12.1 Å². The number of hydrogen-bond donors (Lipinski definition) is 1. The second kappa shape index (κ2) is 5.98. The Morgan fingerprint density at radius 3 is 2.43 bits per heavy atom. The molecule has 1 fully saturated rings. The monoisotopic (exact) mass is 283 g/mol. The zero-order valence-electron chi connectivity index (χ0n) is 12.5. The van der Waals surface area contributed by atoms with Crippen LogP contribution in [0, 0.1) is 5.82 Å². The first kappa shape index (κ1) is 14.3. The molecule has 110 valence electrons. The van der Waals surface area contributed by atoms with Gasteiger partial charge in [0.15, 0.2) is 0 Å². The highest BCUT2D eigenvalue weighted by Gasteiger charge is 2.44. The maximum atomic E-state index is 13.4. The molecule has 3 rings (SSSR count). The highest BCUT2D eigenvalue weighted by Crippen LogP contribution is 2.47. The molecular weight excluding hydrogens is 261 g/mol. The van der Waals surface area contributed by atoms with E-state index in [4.69, 9.17) is 0 Å². The molecule has 1 N–H and O–H groups in total. The first-order chi connectivity index (χ1) is 10.2. The Kier molecular flexibility index (Phi) is 4.07. The maximum absolute atomic E-state index is 13.4. The van der Waals surface area contributed by atoms with Crippen molar-refractivity contribution in [2.45, 2.75) is 37.1 Å². The number of benzene rings is 2. The van der Waals surface area contributed by atoms with Crippen LogP contribution in [0.4, 0.5) is 4.39 Å². The number of likely N-dealkylation sites (N-methyl/N-ethyl adjacent to an activating group) is 1. The molecule has 2 aromatic rings. The molecule has 1 saturated carbocycles. The van der Waals surface area contributed by atoms with Gasteiger partial charge in [-0.25, -0.2) is 4.39 Å². The van der Waals surface area contributed by atoms with E-state index in [0.717, 1.165) is 12.0 Å². The Bertz CT molecular complexity index is 590. The molecule has 1 aliphatic carbocycles. The summed E-state index contributed by atoms with van der Waals surface area (Å²) >= 11 is 0. The summed E-state index contributed by atoms with van der Waals surface area (Å²) in [6.07, 6.45) is 4.55. The van der Waals surface area contributed by atoms with Crippen LogP contribution in [0.15, 0.2) is 54.6 Å². The SMILES string of the molecule is CNC(Cc1cccc(F)c1)C1(c2ccccc2)CCC1. The van der Waals surface area contributed by atoms with Crippen LogP contribution in [0.2, 0.25) is 0 Å². The molecule has 0 amide bonds. The summed E-state index contributed by atoms with van der Waals surface area (Å²) in [5.41, 5.74) is 2.67. The second-order valence-corrected chi connectivity index (χ2v) is 6.05. The standard InChI is InChI=1S/C19H22FN/c1-21-18(14-15-7-5-10-17(20)13-15)19(11-6-12-19)16-8-3-2-4-9-16/h2-5,7-10,13,18,21H,6,11-12,14H2,1H3. The highest BCUT2D eigenvalue weighted by molar-refractivity contribution is 5.32. The van der Waals surface area contributed by atoms with Gasteiger partial charge in [0.25, 0.3) is 0 Å². The molecule has 1 atom stereocenters. The zero-order chi connectivity index (χ0) is 14.7. The predicted molar refractivity (Wildman–Crippen MR) is 84.9 cm³/mol. The van der Waals surface area contributed by atoms with E-state index in [-0.39, 0.29) is 11.2 Å². The lowest BCUT2D eigenvalue weighted by Gasteiger charge is -2.48. The van der Waals surface area contributed by atoms with E-state index in [9.17, 15) is 4.39 Å². The molecule has 1 unspecified atom stereocenters. The van der Waals surface area contributed by atoms with Crippen molar-refractivity contribution in [3.8, 4) is 0 Å². The smallest absolute Gasteiger partial charge is 0.123 e. The number of halogens is 1. The number of nitrogens with one attached hydrogen (secondary N) is 1. The molecule has 21 heavy (non-hydrogen) atoms. The lowest BCUT2D eigenvalue weighted by atomic mass is 9.59. The van der Waals surface area contributed by atoms with Gasteiger partial charge in [-0.1, -0.05) is 48.9 Å². The minimum Gasteiger partial charge on any atom is -0.316 e. The summed E-state index contributed by atoms with van der Waals surface area (Å²) in [6, 6.07) is 18.1. The second-order valence-electron chi connectivity index (χ2n) is 6.05. The molecule has 0 spiro atoms. The Hall–Kier alpha value is -1.67. The van der Waals surface area contributed by atoms with Gasteiger partial charge in [-0.05, 0) is 49.6 Å². The van der Waals surface area contributed by atoms with Crippen LogP contribution >= 0.6 is 0 Å². The van der Waals surface area contributed by atoms with Gasteiger partial charge >= 0.3 is 0 Å². The molecule has 1 nitrogen and oxygen atoms in total. The van der Waals surface area contributed by atoms with Crippen molar-refractivity contribution in [2.75, 3.05) is 7.05 Å². The molecule has 2 heteroatoms. The highest BCUT2D eigenvalue weighted by atomic mass is 19.1. The normalized spacial score (nSPS) is 18.0. The fourth-order valence-corrected chi connectivity index (χ4v) is 3.64. The van der Waals surface area contributed by atoms with Gasteiger partial charge in [-0.15, -0.1) is 0 Å². The first-order valence-electron chi connectivity index (χ1n) is 7.72. The van der Waals surface area contributed by atoms with Crippen molar-refractivity contribution in [1.29, 1.82) is 0 Å². The Morgan fingerprint density at radius 2 is 1.86 bits per heavy atom. The molecule has 0 aromatic heterocycles. The van der Waals surface area contributed by atoms with Crippen molar-refractivity contribution >= 4 is 0 Å². The first-order valence-corrected chi connectivity index (χ1v) is 7.72.